The van der Waals surface area contributed by atoms with Crippen LogP contribution in [-0.4, -0.2) is 11.2 Å². The summed E-state index contributed by atoms with van der Waals surface area (Å²) in [5, 5.41) is 10.2. The van der Waals surface area contributed by atoms with Gasteiger partial charge in [-0.15, -0.1) is 0 Å². The summed E-state index contributed by atoms with van der Waals surface area (Å²) in [6, 6.07) is 5.84. The zero-order chi connectivity index (χ0) is 21.9. The van der Waals surface area contributed by atoms with Crippen LogP contribution in [0.3, 0.4) is 0 Å². The lowest BCUT2D eigenvalue weighted by molar-refractivity contribution is -0.137. The van der Waals surface area contributed by atoms with Crippen molar-refractivity contribution < 1.29 is 18.3 Å². The first-order chi connectivity index (χ1) is 14.7. The lowest BCUT2D eigenvalue weighted by Crippen LogP contribution is -2.50. The third-order valence-electron chi connectivity index (χ3n) is 9.80. The van der Waals surface area contributed by atoms with Gasteiger partial charge in [0, 0.05) is 0 Å². The first kappa shape index (κ1) is 21.6. The predicted molar refractivity (Wildman–Crippen MR) is 116 cm³/mol. The smallest absolute Gasteiger partial charge is 0.393 e. The minimum absolute atomic E-state index is 0.159. The number of benzene rings is 1. The van der Waals surface area contributed by atoms with Crippen LogP contribution in [0.15, 0.2) is 35.9 Å². The van der Waals surface area contributed by atoms with Gasteiger partial charge in [0.15, 0.2) is 0 Å². The second kappa shape index (κ2) is 7.64. The summed E-state index contributed by atoms with van der Waals surface area (Å²) < 4.78 is 38.6. The summed E-state index contributed by atoms with van der Waals surface area (Å²) in [7, 11) is 0. The van der Waals surface area contributed by atoms with E-state index in [1.165, 1.54) is 49.8 Å². The Hall–Kier alpha value is -1.29. The van der Waals surface area contributed by atoms with Crippen LogP contribution in [0.5, 0.6) is 0 Å². The number of fused-ring (bicyclic) bond motifs is 5. The highest BCUT2D eigenvalue weighted by molar-refractivity contribution is 5.27. The number of hydrogen-bond donors (Lipinski definition) is 1. The highest BCUT2D eigenvalue weighted by Gasteiger charge is 2.56. The normalized spacial score (nSPS) is 40.0. The molecule has 0 aliphatic heterocycles. The van der Waals surface area contributed by atoms with Crippen molar-refractivity contribution in [3.05, 3.63) is 47.0 Å². The van der Waals surface area contributed by atoms with E-state index in [0.717, 1.165) is 61.8 Å². The molecule has 0 unspecified atom stereocenters. The van der Waals surface area contributed by atoms with E-state index in [2.05, 4.69) is 13.0 Å². The zero-order valence-electron chi connectivity index (χ0n) is 18.6. The van der Waals surface area contributed by atoms with E-state index in [1.54, 1.807) is 12.1 Å². The molecule has 4 aliphatic carbocycles. The Balaban J connectivity index is 1.32. The Labute approximate surface area is 184 Å². The molecule has 0 saturated heterocycles. The highest BCUT2D eigenvalue weighted by Crippen LogP contribution is 2.66. The molecule has 1 aromatic carbocycles. The number of aryl methyl sites for hydroxylation is 1. The van der Waals surface area contributed by atoms with Crippen molar-refractivity contribution in [3.63, 3.8) is 0 Å². The maximum Gasteiger partial charge on any atom is 0.416 e. The topological polar surface area (TPSA) is 20.2 Å². The Morgan fingerprint density at radius 3 is 2.52 bits per heavy atom. The van der Waals surface area contributed by atoms with Gasteiger partial charge in [-0.25, -0.2) is 0 Å². The van der Waals surface area contributed by atoms with E-state index in [9.17, 15) is 18.3 Å². The van der Waals surface area contributed by atoms with E-state index in [-0.39, 0.29) is 11.5 Å². The number of allylic oxidation sites excluding steroid dienone is 1. The summed E-state index contributed by atoms with van der Waals surface area (Å²) >= 11 is 0. The fraction of sp³-hybridized carbons (Fsp3) is 0.704. The Morgan fingerprint density at radius 2 is 1.77 bits per heavy atom. The fourth-order valence-corrected chi connectivity index (χ4v) is 8.12. The van der Waals surface area contributed by atoms with Crippen molar-refractivity contribution in [1.29, 1.82) is 0 Å². The Morgan fingerprint density at radius 1 is 1.00 bits per heavy atom. The second-order valence-electron chi connectivity index (χ2n) is 11.1. The summed E-state index contributed by atoms with van der Waals surface area (Å²) in [5.74, 6) is 2.23. The van der Waals surface area contributed by atoms with Gasteiger partial charge in [0.1, 0.15) is 0 Å². The van der Waals surface area contributed by atoms with Gasteiger partial charge in [-0.3, -0.25) is 0 Å². The third-order valence-corrected chi connectivity index (χ3v) is 9.80. The second-order valence-corrected chi connectivity index (χ2v) is 11.1. The minimum Gasteiger partial charge on any atom is -0.393 e. The van der Waals surface area contributed by atoms with Crippen LogP contribution in [0.2, 0.25) is 0 Å². The number of halogens is 3. The maximum absolute atomic E-state index is 12.9. The lowest BCUT2D eigenvalue weighted by atomic mass is 9.47. The quantitative estimate of drug-likeness (QED) is 0.496. The first-order valence-electron chi connectivity index (χ1n) is 12.3. The van der Waals surface area contributed by atoms with Gasteiger partial charge in [-0.05, 0) is 110 Å². The van der Waals surface area contributed by atoms with E-state index >= 15 is 0 Å². The monoisotopic (exact) mass is 432 g/mol. The summed E-state index contributed by atoms with van der Waals surface area (Å²) in [5.41, 5.74) is 2.64. The van der Waals surface area contributed by atoms with Crippen LogP contribution >= 0.6 is 0 Å². The number of alkyl halides is 3. The van der Waals surface area contributed by atoms with Crippen molar-refractivity contribution in [2.45, 2.75) is 89.8 Å². The molecule has 1 N–H and O–H groups in total. The van der Waals surface area contributed by atoms with Gasteiger partial charge in [-0.1, -0.05) is 37.1 Å². The Bertz CT molecular complexity index is 841. The molecule has 0 radical (unpaired) electrons. The van der Waals surface area contributed by atoms with Crippen LogP contribution in [-0.2, 0) is 12.6 Å². The summed E-state index contributed by atoms with van der Waals surface area (Å²) in [6.07, 6.45) is 10.6. The molecule has 3 saturated carbocycles. The lowest BCUT2D eigenvalue weighted by Gasteiger charge is -2.58. The van der Waals surface area contributed by atoms with Gasteiger partial charge in [0.2, 0.25) is 0 Å². The molecule has 170 valence electrons. The van der Waals surface area contributed by atoms with Gasteiger partial charge in [0.25, 0.3) is 0 Å². The SMILES string of the molecule is C[C@]12CC[C@H](O)CC1=CC[C@H]1[C@@H]3CCC[C@@]3(CCc3ccc(C(F)(F)F)cc3)CC[C@@H]12. The molecule has 0 spiro atoms. The van der Waals surface area contributed by atoms with Crippen molar-refractivity contribution in [3.8, 4) is 0 Å². The molecule has 1 aromatic rings. The van der Waals surface area contributed by atoms with Crippen LogP contribution in [0, 0.1) is 28.6 Å². The highest BCUT2D eigenvalue weighted by atomic mass is 19.4. The Kier molecular flexibility index (Phi) is 5.31. The molecular weight excluding hydrogens is 397 g/mol. The largest absolute Gasteiger partial charge is 0.416 e. The van der Waals surface area contributed by atoms with Gasteiger partial charge in [0.05, 0.1) is 11.7 Å². The number of rotatable bonds is 3. The van der Waals surface area contributed by atoms with Crippen LogP contribution in [0.1, 0.15) is 82.3 Å². The fourth-order valence-electron chi connectivity index (χ4n) is 8.12. The van der Waals surface area contributed by atoms with Crippen LogP contribution in [0.25, 0.3) is 0 Å². The average molecular weight is 433 g/mol. The van der Waals surface area contributed by atoms with E-state index in [4.69, 9.17) is 0 Å². The van der Waals surface area contributed by atoms with E-state index in [1.807, 2.05) is 0 Å². The number of aliphatic hydroxyl groups excluding tert-OH is 1. The number of aliphatic hydroxyl groups is 1. The zero-order valence-corrected chi connectivity index (χ0v) is 18.6. The molecule has 4 heteroatoms. The predicted octanol–water partition coefficient (Wildman–Crippen LogP) is 7.33. The molecule has 0 bridgehead atoms. The van der Waals surface area contributed by atoms with Crippen molar-refractivity contribution in [2.24, 2.45) is 28.6 Å². The molecule has 4 aliphatic rings. The number of hydrogen-bond acceptors (Lipinski definition) is 1. The molecule has 6 atom stereocenters. The minimum atomic E-state index is -4.26. The van der Waals surface area contributed by atoms with Crippen molar-refractivity contribution >= 4 is 0 Å². The molecule has 31 heavy (non-hydrogen) atoms. The summed E-state index contributed by atoms with van der Waals surface area (Å²) in [4.78, 5) is 0. The van der Waals surface area contributed by atoms with E-state index < -0.39 is 11.7 Å². The molecule has 3 fully saturated rings. The molecule has 0 heterocycles. The van der Waals surface area contributed by atoms with Crippen LogP contribution in [0.4, 0.5) is 13.2 Å². The van der Waals surface area contributed by atoms with Gasteiger partial charge >= 0.3 is 6.18 Å². The molecular formula is C27H35F3O. The molecule has 0 amide bonds. The summed E-state index contributed by atoms with van der Waals surface area (Å²) in [6.45, 7) is 2.46. The third kappa shape index (κ3) is 3.67. The molecule has 0 aromatic heterocycles. The van der Waals surface area contributed by atoms with E-state index in [0.29, 0.717) is 5.41 Å². The van der Waals surface area contributed by atoms with Crippen molar-refractivity contribution in [1.82, 2.24) is 0 Å². The van der Waals surface area contributed by atoms with Gasteiger partial charge < -0.3 is 5.11 Å². The maximum atomic E-state index is 12.9. The first-order valence-corrected chi connectivity index (χ1v) is 12.3. The standard InChI is InChI=1S/C27H35F3O/c1-25-14-11-21(31)17-20(25)8-9-22-23(25)12-16-26(13-2-3-24(22)26)15-10-18-4-6-19(7-5-18)27(28,29)30/h4-8,21-24,31H,2-3,9-17H2,1H3/t21-,22+,23-,24-,25-,26+/m0/s1. The van der Waals surface area contributed by atoms with Crippen molar-refractivity contribution in [2.75, 3.05) is 0 Å². The van der Waals surface area contributed by atoms with Gasteiger partial charge in [-0.2, -0.15) is 13.2 Å². The molecule has 5 rings (SSSR count). The average Bonchev–Trinajstić information content (AvgIpc) is 3.17. The molecule has 1 nitrogen and oxygen atoms in total. The van der Waals surface area contributed by atoms with Crippen LogP contribution < -0.4 is 0 Å².